The van der Waals surface area contributed by atoms with Crippen molar-refractivity contribution < 1.29 is 19.1 Å². The van der Waals surface area contributed by atoms with E-state index in [1.165, 1.54) is 0 Å². The van der Waals surface area contributed by atoms with Crippen LogP contribution in [0.3, 0.4) is 0 Å². The van der Waals surface area contributed by atoms with Gasteiger partial charge in [-0.15, -0.1) is 0 Å². The van der Waals surface area contributed by atoms with Crippen LogP contribution in [0.15, 0.2) is 46.1 Å². The quantitative estimate of drug-likeness (QED) is 0.503. The van der Waals surface area contributed by atoms with Crippen LogP contribution in [-0.4, -0.2) is 65.5 Å². The summed E-state index contributed by atoms with van der Waals surface area (Å²) in [6.07, 6.45) is 5.59. The maximum absolute atomic E-state index is 13.4. The van der Waals surface area contributed by atoms with Gasteiger partial charge in [-0.3, -0.25) is 14.6 Å². The Morgan fingerprint density at radius 3 is 2.74 bits per heavy atom. The second-order valence-corrected chi connectivity index (χ2v) is 11.5. The number of likely N-dealkylation sites (tertiary alicyclic amines) is 1. The number of allylic oxidation sites excluding steroid dienone is 2. The Bertz CT molecular complexity index is 1220. The Balaban J connectivity index is 1.36. The molecule has 3 atom stereocenters. The minimum absolute atomic E-state index is 0.0388. The zero-order chi connectivity index (χ0) is 27.6. The van der Waals surface area contributed by atoms with E-state index in [0.717, 1.165) is 23.6 Å². The van der Waals surface area contributed by atoms with E-state index in [1.54, 1.807) is 23.1 Å². The van der Waals surface area contributed by atoms with Crippen molar-refractivity contribution in [2.45, 2.75) is 77.6 Å². The van der Waals surface area contributed by atoms with Gasteiger partial charge in [-0.25, -0.2) is 4.79 Å². The average molecular weight is 542 g/mol. The molecule has 0 spiro atoms. The molecule has 0 radical (unpaired) electrons. The number of amidine groups is 1. The van der Waals surface area contributed by atoms with Crippen LogP contribution >= 0.6 is 11.6 Å². The number of amides is 3. The second-order valence-electron chi connectivity index (χ2n) is 11.0. The molecule has 2 heterocycles. The van der Waals surface area contributed by atoms with Crippen molar-refractivity contribution in [1.29, 1.82) is 0 Å². The number of carbonyl (C=O) groups is 3. The van der Waals surface area contributed by atoms with E-state index < -0.39 is 11.7 Å². The predicted molar refractivity (Wildman–Crippen MR) is 147 cm³/mol. The maximum atomic E-state index is 13.4. The molecule has 2 aliphatic heterocycles. The molecule has 3 N–H and O–H groups in total. The first-order valence-corrected chi connectivity index (χ1v) is 13.4. The summed E-state index contributed by atoms with van der Waals surface area (Å²) in [7, 11) is 0. The molecule has 1 aliphatic carbocycles. The topological polar surface area (TPSA) is 112 Å². The Morgan fingerprint density at radius 2 is 2.03 bits per heavy atom. The van der Waals surface area contributed by atoms with Gasteiger partial charge in [-0.2, -0.15) is 0 Å². The van der Waals surface area contributed by atoms with Crippen molar-refractivity contribution in [2.24, 2.45) is 4.99 Å². The first-order valence-electron chi connectivity index (χ1n) is 13.0. The summed E-state index contributed by atoms with van der Waals surface area (Å²) in [6.45, 7) is 10.1. The molecule has 1 aromatic rings. The van der Waals surface area contributed by atoms with Gasteiger partial charge in [-0.05, 0) is 83.4 Å². The number of nitrogens with one attached hydrogen (secondary N) is 3. The number of alkyl carbamates (subject to hydrolysis) is 1. The molecule has 0 bridgehead atoms. The van der Waals surface area contributed by atoms with Crippen molar-refractivity contribution in [3.8, 4) is 0 Å². The van der Waals surface area contributed by atoms with Crippen molar-refractivity contribution in [3.05, 3.63) is 57.8 Å². The summed E-state index contributed by atoms with van der Waals surface area (Å²) in [4.78, 5) is 44.9. The van der Waals surface area contributed by atoms with E-state index in [9.17, 15) is 14.4 Å². The molecule has 1 aromatic carbocycles. The number of rotatable bonds is 6. The monoisotopic (exact) mass is 541 g/mol. The van der Waals surface area contributed by atoms with E-state index in [1.807, 2.05) is 46.8 Å². The molecule has 1 fully saturated rings. The summed E-state index contributed by atoms with van der Waals surface area (Å²) >= 11 is 6.12. The Hall–Kier alpha value is -3.33. The average Bonchev–Trinajstić information content (AvgIpc) is 3.48. The molecule has 10 heteroatoms. The fourth-order valence-electron chi connectivity index (χ4n) is 4.84. The Labute approximate surface area is 228 Å². The highest BCUT2D eigenvalue weighted by molar-refractivity contribution is 6.29. The van der Waals surface area contributed by atoms with Crippen molar-refractivity contribution in [3.63, 3.8) is 0 Å². The maximum Gasteiger partial charge on any atom is 0.407 e. The molecule has 4 rings (SSSR count). The van der Waals surface area contributed by atoms with Crippen LogP contribution in [0.25, 0.3) is 0 Å². The standard InChI is InChI=1S/C28H36ClN5O4/c1-16-13-18(25(35)31-17(2)24-32-22-11-9-19(29)14-23(22)33-24)8-10-21(16)26(36)34-12-6-7-20(34)15-30-27(37)38-28(3,4)5/h8-11,13,17,20,23H,6-7,12,14-15H2,1-5H3,(H,30,37)(H,31,35)(H,32,33)/t17-,20?,23?/m0/s1. The summed E-state index contributed by atoms with van der Waals surface area (Å²) in [5.41, 5.74) is 2.12. The number of nitrogens with zero attached hydrogens (tertiary/aromatic N) is 2. The predicted octanol–water partition coefficient (Wildman–Crippen LogP) is 4.02. The highest BCUT2D eigenvalue weighted by Crippen LogP contribution is 2.27. The Morgan fingerprint density at radius 1 is 1.26 bits per heavy atom. The number of hydrogen-bond acceptors (Lipinski definition) is 6. The van der Waals surface area contributed by atoms with Gasteiger partial charge in [0.2, 0.25) is 0 Å². The van der Waals surface area contributed by atoms with Crippen LogP contribution in [0.4, 0.5) is 4.79 Å². The summed E-state index contributed by atoms with van der Waals surface area (Å²) < 4.78 is 5.31. The first-order chi connectivity index (χ1) is 17.9. The molecule has 0 saturated carbocycles. The minimum atomic E-state index is -0.582. The molecule has 3 aliphatic rings. The summed E-state index contributed by atoms with van der Waals surface area (Å²) in [5.74, 6) is 0.339. The fourth-order valence-corrected chi connectivity index (χ4v) is 5.05. The van der Waals surface area contributed by atoms with Crippen LogP contribution in [0.1, 0.15) is 73.2 Å². The van der Waals surface area contributed by atoms with E-state index >= 15 is 0 Å². The fraction of sp³-hybridized carbons (Fsp3) is 0.500. The van der Waals surface area contributed by atoms with Gasteiger partial charge in [0.05, 0.1) is 12.1 Å². The lowest BCUT2D eigenvalue weighted by molar-refractivity contribution is 0.0501. The van der Waals surface area contributed by atoms with Crippen molar-refractivity contribution in [2.75, 3.05) is 13.1 Å². The van der Waals surface area contributed by atoms with Crippen LogP contribution in [0, 0.1) is 6.92 Å². The number of hydrogen-bond donors (Lipinski definition) is 3. The van der Waals surface area contributed by atoms with Gasteiger partial charge < -0.3 is 25.6 Å². The number of aryl methyl sites for hydroxylation is 1. The zero-order valence-electron chi connectivity index (χ0n) is 22.6. The van der Waals surface area contributed by atoms with Gasteiger partial charge in [0.1, 0.15) is 11.4 Å². The lowest BCUT2D eigenvalue weighted by Gasteiger charge is -2.26. The van der Waals surface area contributed by atoms with Crippen LogP contribution < -0.4 is 16.0 Å². The highest BCUT2D eigenvalue weighted by atomic mass is 35.5. The molecule has 0 aromatic heterocycles. The second kappa shape index (κ2) is 11.2. The van der Waals surface area contributed by atoms with Gasteiger partial charge in [-0.1, -0.05) is 11.6 Å². The normalized spacial score (nSPS) is 21.4. The molecule has 2 unspecified atom stereocenters. The number of aliphatic imine (C=N–C) groups is 1. The summed E-state index contributed by atoms with van der Waals surface area (Å²) in [5, 5.41) is 9.80. The molecular weight excluding hydrogens is 506 g/mol. The van der Waals surface area contributed by atoms with Gasteiger partial charge in [0, 0.05) is 47.4 Å². The van der Waals surface area contributed by atoms with Crippen LogP contribution in [0.2, 0.25) is 0 Å². The third-order valence-corrected chi connectivity index (χ3v) is 7.03. The van der Waals surface area contributed by atoms with E-state index in [-0.39, 0.29) is 29.9 Å². The smallest absolute Gasteiger partial charge is 0.407 e. The lowest BCUT2D eigenvalue weighted by Crippen LogP contribution is -2.44. The number of ether oxygens (including phenoxy) is 1. The van der Waals surface area contributed by atoms with E-state index in [2.05, 4.69) is 20.9 Å². The number of fused-ring (bicyclic) bond motifs is 1. The van der Waals surface area contributed by atoms with Crippen LogP contribution in [-0.2, 0) is 4.74 Å². The number of benzene rings is 1. The zero-order valence-corrected chi connectivity index (χ0v) is 23.3. The molecule has 3 amide bonds. The third kappa shape index (κ3) is 6.56. The molecule has 38 heavy (non-hydrogen) atoms. The van der Waals surface area contributed by atoms with Crippen molar-refractivity contribution in [1.82, 2.24) is 20.9 Å². The van der Waals surface area contributed by atoms with E-state index in [0.29, 0.717) is 42.0 Å². The van der Waals surface area contributed by atoms with Crippen LogP contribution in [0.5, 0.6) is 0 Å². The first kappa shape index (κ1) is 27.7. The SMILES string of the molecule is Cc1cc(C(=O)N[C@@H](C)C2=NC3CC(Cl)=CC=C3N2)ccc1C(=O)N1CCCC1CNC(=O)OC(C)(C)C. The van der Waals surface area contributed by atoms with Crippen molar-refractivity contribution >= 4 is 35.3 Å². The van der Waals surface area contributed by atoms with Gasteiger partial charge in [0.25, 0.3) is 11.8 Å². The molecular formula is C28H36ClN5O4. The number of halogens is 1. The van der Waals surface area contributed by atoms with Gasteiger partial charge in [0.15, 0.2) is 0 Å². The molecule has 9 nitrogen and oxygen atoms in total. The molecule has 204 valence electrons. The number of carbonyl (C=O) groups excluding carboxylic acids is 3. The third-order valence-electron chi connectivity index (χ3n) is 6.75. The highest BCUT2D eigenvalue weighted by Gasteiger charge is 2.32. The largest absolute Gasteiger partial charge is 0.444 e. The van der Waals surface area contributed by atoms with Gasteiger partial charge >= 0.3 is 6.09 Å². The molecule has 1 saturated heterocycles. The lowest BCUT2D eigenvalue weighted by atomic mass is 10.0. The summed E-state index contributed by atoms with van der Waals surface area (Å²) in [6, 6.07) is 4.63. The minimum Gasteiger partial charge on any atom is -0.444 e. The van der Waals surface area contributed by atoms with E-state index in [4.69, 9.17) is 16.3 Å². The Kier molecular flexibility index (Phi) is 8.16.